The molecular formula is C30H46O7. The SMILES string of the molecule is CC(C)(O)CCC(=O)[C@](C)(O)[C@H]1[C@H](O)C[C@@]2(C)[C@@H]3CC=C4[C@@H](C[C@H](O)C(=O)C4(C)C)C3(C)C(=O)C[C@]12C. The smallest absolute Gasteiger partial charge is 0.170 e. The normalized spacial score (nSPS) is 44.9. The molecule has 3 saturated carbocycles. The second-order valence-electron chi connectivity index (χ2n) is 14.6. The number of rotatable bonds is 5. The summed E-state index contributed by atoms with van der Waals surface area (Å²) in [4.78, 5) is 40.4. The zero-order valence-electron chi connectivity index (χ0n) is 23.7. The largest absolute Gasteiger partial charge is 0.393 e. The zero-order valence-corrected chi connectivity index (χ0v) is 23.7. The molecule has 0 aromatic heterocycles. The van der Waals surface area contributed by atoms with Gasteiger partial charge >= 0.3 is 0 Å². The molecule has 0 spiro atoms. The van der Waals surface area contributed by atoms with Gasteiger partial charge in [0.2, 0.25) is 0 Å². The molecule has 1 unspecified atom stereocenters. The number of hydrogen-bond donors (Lipinski definition) is 4. The van der Waals surface area contributed by atoms with E-state index in [1.54, 1.807) is 13.8 Å². The molecule has 4 aliphatic carbocycles. The van der Waals surface area contributed by atoms with E-state index < -0.39 is 56.8 Å². The molecule has 37 heavy (non-hydrogen) atoms. The fraction of sp³-hybridized carbons (Fsp3) is 0.833. The van der Waals surface area contributed by atoms with Crippen LogP contribution < -0.4 is 0 Å². The first-order valence-corrected chi connectivity index (χ1v) is 13.8. The van der Waals surface area contributed by atoms with E-state index in [0.717, 1.165) is 5.57 Å². The van der Waals surface area contributed by atoms with Gasteiger partial charge in [0.25, 0.3) is 0 Å². The molecule has 0 heterocycles. The fourth-order valence-corrected chi connectivity index (χ4v) is 9.24. The van der Waals surface area contributed by atoms with Crippen LogP contribution in [0.2, 0.25) is 0 Å². The van der Waals surface area contributed by atoms with Crippen LogP contribution in [0.15, 0.2) is 11.6 Å². The van der Waals surface area contributed by atoms with E-state index in [1.165, 1.54) is 6.92 Å². The van der Waals surface area contributed by atoms with Crippen molar-refractivity contribution in [3.8, 4) is 0 Å². The lowest BCUT2D eigenvalue weighted by Gasteiger charge is -2.64. The highest BCUT2D eigenvalue weighted by molar-refractivity contribution is 5.95. The summed E-state index contributed by atoms with van der Waals surface area (Å²) in [6, 6.07) is 0. The summed E-state index contributed by atoms with van der Waals surface area (Å²) in [5.74, 6) is -1.96. The molecule has 0 saturated heterocycles. The number of carbonyl (C=O) groups is 3. The van der Waals surface area contributed by atoms with Crippen molar-refractivity contribution in [1.82, 2.24) is 0 Å². The Morgan fingerprint density at radius 2 is 1.62 bits per heavy atom. The lowest BCUT2D eigenvalue weighted by molar-refractivity contribution is -0.185. The zero-order chi connectivity index (χ0) is 28.1. The summed E-state index contributed by atoms with van der Waals surface area (Å²) in [7, 11) is 0. The molecule has 0 aliphatic heterocycles. The Hall–Kier alpha value is -1.41. The highest BCUT2D eigenvalue weighted by atomic mass is 16.3. The van der Waals surface area contributed by atoms with Crippen LogP contribution in [0.5, 0.6) is 0 Å². The minimum Gasteiger partial charge on any atom is -0.393 e. The average molecular weight is 519 g/mol. The van der Waals surface area contributed by atoms with E-state index in [4.69, 9.17) is 0 Å². The quantitative estimate of drug-likeness (QED) is 0.411. The summed E-state index contributed by atoms with van der Waals surface area (Å²) in [5, 5.41) is 43.9. The Kier molecular flexibility index (Phi) is 6.41. The van der Waals surface area contributed by atoms with Gasteiger partial charge in [-0.15, -0.1) is 0 Å². The molecule has 4 aliphatic rings. The maximum atomic E-state index is 14.2. The maximum absolute atomic E-state index is 14.2. The monoisotopic (exact) mass is 518 g/mol. The molecule has 4 N–H and O–H groups in total. The van der Waals surface area contributed by atoms with Gasteiger partial charge in [0.15, 0.2) is 11.6 Å². The molecule has 7 heteroatoms. The van der Waals surface area contributed by atoms with Crippen LogP contribution in [0.4, 0.5) is 0 Å². The Morgan fingerprint density at radius 3 is 2.19 bits per heavy atom. The first-order chi connectivity index (χ1) is 16.7. The van der Waals surface area contributed by atoms with Crippen molar-refractivity contribution in [2.75, 3.05) is 0 Å². The molecule has 0 radical (unpaired) electrons. The first kappa shape index (κ1) is 28.6. The van der Waals surface area contributed by atoms with Crippen molar-refractivity contribution in [1.29, 1.82) is 0 Å². The van der Waals surface area contributed by atoms with Crippen molar-refractivity contribution < 1.29 is 34.8 Å². The molecule has 0 amide bonds. The highest BCUT2D eigenvalue weighted by Crippen LogP contribution is 2.74. The number of hydrogen-bond acceptors (Lipinski definition) is 7. The topological polar surface area (TPSA) is 132 Å². The van der Waals surface area contributed by atoms with Crippen LogP contribution in [-0.4, -0.2) is 61.2 Å². The van der Waals surface area contributed by atoms with Gasteiger partial charge in [0, 0.05) is 29.6 Å². The van der Waals surface area contributed by atoms with E-state index in [9.17, 15) is 34.8 Å². The number of carbonyl (C=O) groups excluding carboxylic acids is 3. The van der Waals surface area contributed by atoms with Crippen LogP contribution in [0.25, 0.3) is 0 Å². The number of aliphatic hydroxyl groups is 4. The molecule has 208 valence electrons. The lowest BCUT2D eigenvalue weighted by Crippen LogP contribution is -2.65. The molecule has 3 fully saturated rings. The van der Waals surface area contributed by atoms with Gasteiger partial charge in [-0.25, -0.2) is 0 Å². The second-order valence-corrected chi connectivity index (χ2v) is 14.6. The minimum atomic E-state index is -1.86. The van der Waals surface area contributed by atoms with E-state index >= 15 is 0 Å². The van der Waals surface area contributed by atoms with Crippen LogP contribution in [-0.2, 0) is 14.4 Å². The number of ketones is 3. The number of fused-ring (bicyclic) bond motifs is 5. The number of Topliss-reactive ketones (excluding diaryl/α,β-unsaturated/α-hetero) is 3. The summed E-state index contributed by atoms with van der Waals surface area (Å²) in [5.41, 5.74) is -5.10. The molecule has 4 rings (SSSR count). The van der Waals surface area contributed by atoms with E-state index in [0.29, 0.717) is 12.8 Å². The average Bonchev–Trinajstić information content (AvgIpc) is 2.96. The number of allylic oxidation sites excluding steroid dienone is 2. The fourth-order valence-electron chi connectivity index (χ4n) is 9.24. The minimum absolute atomic E-state index is 0.00395. The van der Waals surface area contributed by atoms with Gasteiger partial charge < -0.3 is 20.4 Å². The van der Waals surface area contributed by atoms with Crippen LogP contribution in [0.3, 0.4) is 0 Å². The van der Waals surface area contributed by atoms with Crippen molar-refractivity contribution >= 4 is 17.3 Å². The van der Waals surface area contributed by atoms with Crippen molar-refractivity contribution in [2.24, 2.45) is 39.4 Å². The standard InChI is InChI=1S/C30H46O7/c1-25(2,36)12-11-21(33)30(8,37)23-19(32)14-27(5)20-10-9-16-17(13-18(31)24(35)26(16,3)4)29(20,7)22(34)15-28(23,27)6/h9,17-20,23,31-32,36-37H,10-15H2,1-8H3/t17-,18+,19-,20+,23+,27+,28-,29?,30+/m1/s1. The van der Waals surface area contributed by atoms with Gasteiger partial charge in [-0.2, -0.15) is 0 Å². The van der Waals surface area contributed by atoms with Crippen LogP contribution in [0, 0.1) is 39.4 Å². The third-order valence-electron chi connectivity index (χ3n) is 11.5. The predicted octanol–water partition coefficient (Wildman–Crippen LogP) is 3.15. The third-order valence-corrected chi connectivity index (χ3v) is 11.5. The molecular weight excluding hydrogens is 472 g/mol. The van der Waals surface area contributed by atoms with Crippen molar-refractivity contribution in [2.45, 2.75) is 117 Å². The van der Waals surface area contributed by atoms with Gasteiger partial charge in [-0.3, -0.25) is 14.4 Å². The lowest BCUT2D eigenvalue weighted by atomic mass is 9.38. The maximum Gasteiger partial charge on any atom is 0.170 e. The van der Waals surface area contributed by atoms with Gasteiger partial charge in [0.1, 0.15) is 17.5 Å². The predicted molar refractivity (Wildman–Crippen MR) is 138 cm³/mol. The van der Waals surface area contributed by atoms with Gasteiger partial charge in [-0.05, 0) is 83.0 Å². The van der Waals surface area contributed by atoms with Crippen molar-refractivity contribution in [3.63, 3.8) is 0 Å². The first-order valence-electron chi connectivity index (χ1n) is 13.8. The molecule has 0 aromatic carbocycles. The van der Waals surface area contributed by atoms with Crippen LogP contribution >= 0.6 is 0 Å². The van der Waals surface area contributed by atoms with E-state index in [-0.39, 0.29) is 49.1 Å². The van der Waals surface area contributed by atoms with E-state index in [2.05, 4.69) is 13.0 Å². The second kappa shape index (κ2) is 8.30. The summed E-state index contributed by atoms with van der Waals surface area (Å²) in [6.45, 7) is 14.3. The summed E-state index contributed by atoms with van der Waals surface area (Å²) in [6.07, 6.45) is 1.33. The molecule has 7 nitrogen and oxygen atoms in total. The van der Waals surface area contributed by atoms with Crippen LogP contribution in [0.1, 0.15) is 93.9 Å². The Balaban J connectivity index is 1.77. The van der Waals surface area contributed by atoms with E-state index in [1.807, 2.05) is 27.7 Å². The summed E-state index contributed by atoms with van der Waals surface area (Å²) < 4.78 is 0. The highest BCUT2D eigenvalue weighted by Gasteiger charge is 2.74. The third kappa shape index (κ3) is 3.78. The Bertz CT molecular complexity index is 1050. The molecule has 9 atom stereocenters. The molecule has 0 bridgehead atoms. The van der Waals surface area contributed by atoms with Crippen molar-refractivity contribution in [3.05, 3.63) is 11.6 Å². The van der Waals surface area contributed by atoms with Gasteiger partial charge in [0.05, 0.1) is 11.7 Å². The molecule has 0 aromatic rings. The van der Waals surface area contributed by atoms with Gasteiger partial charge in [-0.1, -0.05) is 32.4 Å². The summed E-state index contributed by atoms with van der Waals surface area (Å²) >= 11 is 0. The Morgan fingerprint density at radius 1 is 1.03 bits per heavy atom. The Labute approximate surface area is 220 Å². The number of aliphatic hydroxyl groups excluding tert-OH is 2.